The first-order chi connectivity index (χ1) is 17.1. The lowest BCUT2D eigenvalue weighted by atomic mass is 9.86. The molecule has 1 aliphatic heterocycles. The largest absolute Gasteiger partial charge is 0.497 e. The number of ether oxygens (including phenoxy) is 1. The van der Waals surface area contributed by atoms with Crippen LogP contribution >= 0.6 is 0 Å². The van der Waals surface area contributed by atoms with Crippen molar-refractivity contribution in [3.05, 3.63) is 100 Å². The molecule has 0 radical (unpaired) electrons. The van der Waals surface area contributed by atoms with Crippen LogP contribution < -0.4 is 4.74 Å². The Morgan fingerprint density at radius 2 is 1.83 bits per heavy atom. The Hall–Kier alpha value is -3.37. The summed E-state index contributed by atoms with van der Waals surface area (Å²) in [5.74, 6) is 0.912. The number of aromatic amines is 1. The van der Waals surface area contributed by atoms with E-state index in [-0.39, 0.29) is 0 Å². The highest BCUT2D eigenvalue weighted by Crippen LogP contribution is 2.42. The lowest BCUT2D eigenvalue weighted by Crippen LogP contribution is -2.47. The fraction of sp³-hybridized carbons (Fsp3) is 0.290. The number of nitrogens with one attached hydrogen (secondary N) is 1. The fourth-order valence-electron chi connectivity index (χ4n) is 5.71. The summed E-state index contributed by atoms with van der Waals surface area (Å²) in [5, 5.41) is 1.20. The molecule has 4 heteroatoms. The van der Waals surface area contributed by atoms with Gasteiger partial charge in [-0.15, -0.1) is 0 Å². The maximum absolute atomic E-state index is 13.3. The molecule has 0 atom stereocenters. The average molecular weight is 467 g/mol. The van der Waals surface area contributed by atoms with Crippen molar-refractivity contribution in [2.45, 2.75) is 38.9 Å². The number of hydrogen-bond acceptors (Lipinski definition) is 2. The molecule has 1 N–H and O–H groups in total. The lowest BCUT2D eigenvalue weighted by molar-refractivity contribution is 0.0582. The van der Waals surface area contributed by atoms with E-state index in [9.17, 15) is 4.39 Å². The molecule has 3 nitrogen and oxygen atoms in total. The van der Waals surface area contributed by atoms with Gasteiger partial charge in [-0.25, -0.2) is 4.39 Å². The van der Waals surface area contributed by atoms with Crippen LogP contribution in [0.2, 0.25) is 0 Å². The number of likely N-dealkylation sites (tertiary alicyclic amines) is 1. The van der Waals surface area contributed by atoms with Gasteiger partial charge >= 0.3 is 0 Å². The minimum absolute atomic E-state index is 0.535. The molecule has 0 bridgehead atoms. The van der Waals surface area contributed by atoms with Gasteiger partial charge in [-0.05, 0) is 95.5 Å². The molecule has 1 aliphatic carbocycles. The summed E-state index contributed by atoms with van der Waals surface area (Å²) in [6.45, 7) is 4.05. The maximum atomic E-state index is 13.3. The number of methoxy groups -OCH3 is 1. The monoisotopic (exact) mass is 466 g/mol. The van der Waals surface area contributed by atoms with Gasteiger partial charge in [-0.3, -0.25) is 4.90 Å². The van der Waals surface area contributed by atoms with Crippen LogP contribution in [-0.2, 0) is 13.0 Å². The fourth-order valence-corrected chi connectivity index (χ4v) is 5.71. The summed E-state index contributed by atoms with van der Waals surface area (Å²) < 4.78 is 18.8. The van der Waals surface area contributed by atoms with Crippen LogP contribution in [0.4, 0.5) is 4.39 Å². The normalized spacial score (nSPS) is 16.8. The molecule has 1 fully saturated rings. The van der Waals surface area contributed by atoms with Gasteiger partial charge in [0, 0.05) is 36.2 Å². The molecule has 4 aromatic rings. The van der Waals surface area contributed by atoms with Crippen molar-refractivity contribution in [1.82, 2.24) is 9.88 Å². The molecule has 0 spiro atoms. The van der Waals surface area contributed by atoms with Gasteiger partial charge in [0.15, 0.2) is 0 Å². The van der Waals surface area contributed by atoms with Crippen LogP contribution in [-0.4, -0.2) is 36.3 Å². The number of aromatic nitrogens is 1. The van der Waals surface area contributed by atoms with Crippen molar-refractivity contribution in [1.29, 1.82) is 0 Å². The number of benzene rings is 3. The Bertz CT molecular complexity index is 1430. The van der Waals surface area contributed by atoms with Gasteiger partial charge in [-0.2, -0.15) is 0 Å². The molecule has 35 heavy (non-hydrogen) atoms. The zero-order valence-corrected chi connectivity index (χ0v) is 20.4. The molecule has 178 valence electrons. The molecule has 1 aromatic heterocycles. The van der Waals surface area contributed by atoms with E-state index in [2.05, 4.69) is 83.5 Å². The molecule has 1 saturated heterocycles. The molecule has 0 saturated carbocycles. The molecule has 6 rings (SSSR count). The zero-order chi connectivity index (χ0) is 23.9. The minimum Gasteiger partial charge on any atom is -0.497 e. The van der Waals surface area contributed by atoms with E-state index >= 15 is 0 Å². The Labute approximate surface area is 206 Å². The Morgan fingerprint density at radius 3 is 2.63 bits per heavy atom. The number of hydrogen-bond donors (Lipinski definition) is 1. The van der Waals surface area contributed by atoms with Gasteiger partial charge in [-0.1, -0.05) is 36.4 Å². The van der Waals surface area contributed by atoms with Crippen molar-refractivity contribution < 1.29 is 9.13 Å². The average Bonchev–Trinajstić information content (AvgIpc) is 3.15. The van der Waals surface area contributed by atoms with Crippen LogP contribution in [0.15, 0.2) is 66.7 Å². The Morgan fingerprint density at radius 1 is 0.971 bits per heavy atom. The summed E-state index contributed by atoms with van der Waals surface area (Å²) in [6, 6.07) is 24.2. The number of H-pyrrole nitrogens is 1. The highest BCUT2D eigenvalue weighted by Gasteiger charge is 2.26. The van der Waals surface area contributed by atoms with Crippen LogP contribution in [0.1, 0.15) is 46.4 Å². The predicted molar refractivity (Wildman–Crippen MR) is 141 cm³/mol. The SMILES string of the molecule is COc1ccc2c(c1)CCCC(c1ccccc1C)=C2c1ccc2[nH]c(CN3CC(F)C3)cc2c1. The summed E-state index contributed by atoms with van der Waals surface area (Å²) >= 11 is 0. The van der Waals surface area contributed by atoms with Crippen molar-refractivity contribution in [3.8, 4) is 5.75 Å². The molecule has 0 unspecified atom stereocenters. The maximum Gasteiger partial charge on any atom is 0.125 e. The van der Waals surface area contributed by atoms with Gasteiger partial charge in [0.05, 0.1) is 7.11 Å². The standard InChI is InChI=1S/C31H31FN2O/c1-20-6-3-4-8-27(20)29-9-5-7-21-16-26(35-2)11-12-28(21)31(29)22-10-13-30-23(14-22)15-25(33-30)19-34-17-24(32)18-34/h3-4,6,8,10-16,24,33H,5,7,9,17-19H2,1-2H3. The van der Waals surface area contributed by atoms with Crippen molar-refractivity contribution in [3.63, 3.8) is 0 Å². The summed E-state index contributed by atoms with van der Waals surface area (Å²) in [7, 11) is 1.74. The second kappa shape index (κ2) is 9.01. The molecule has 2 aliphatic rings. The first-order valence-corrected chi connectivity index (χ1v) is 12.5. The smallest absolute Gasteiger partial charge is 0.125 e. The predicted octanol–water partition coefficient (Wildman–Crippen LogP) is 6.93. The summed E-state index contributed by atoms with van der Waals surface area (Å²) in [6.07, 6.45) is 2.50. The van der Waals surface area contributed by atoms with E-state index in [0.717, 1.165) is 42.8 Å². The number of fused-ring (bicyclic) bond motifs is 2. The van der Waals surface area contributed by atoms with Gasteiger partial charge in [0.25, 0.3) is 0 Å². The number of rotatable bonds is 5. The number of alkyl halides is 1. The lowest BCUT2D eigenvalue weighted by Gasteiger charge is -2.33. The van der Waals surface area contributed by atoms with E-state index in [0.29, 0.717) is 13.1 Å². The summed E-state index contributed by atoms with van der Waals surface area (Å²) in [4.78, 5) is 5.68. The highest BCUT2D eigenvalue weighted by molar-refractivity contribution is 6.02. The van der Waals surface area contributed by atoms with Gasteiger partial charge in [0.2, 0.25) is 0 Å². The first kappa shape index (κ1) is 22.1. The third-order valence-electron chi connectivity index (χ3n) is 7.50. The molecule has 0 amide bonds. The van der Waals surface area contributed by atoms with Crippen LogP contribution in [0.25, 0.3) is 22.0 Å². The highest BCUT2D eigenvalue weighted by atomic mass is 19.1. The van der Waals surface area contributed by atoms with Crippen molar-refractivity contribution in [2.24, 2.45) is 0 Å². The molecular weight excluding hydrogens is 435 g/mol. The van der Waals surface area contributed by atoms with Crippen LogP contribution in [0.5, 0.6) is 5.75 Å². The number of aryl methyl sites for hydroxylation is 2. The van der Waals surface area contributed by atoms with E-state index in [1.54, 1.807) is 7.11 Å². The number of halogens is 1. The number of nitrogens with zero attached hydrogens (tertiary/aromatic N) is 1. The van der Waals surface area contributed by atoms with Gasteiger partial charge in [0.1, 0.15) is 11.9 Å². The van der Waals surface area contributed by atoms with Crippen LogP contribution in [0.3, 0.4) is 0 Å². The Balaban J connectivity index is 1.50. The van der Waals surface area contributed by atoms with E-state index < -0.39 is 6.17 Å². The second-order valence-electron chi connectivity index (χ2n) is 9.93. The van der Waals surface area contributed by atoms with E-state index in [1.165, 1.54) is 44.3 Å². The van der Waals surface area contributed by atoms with Crippen molar-refractivity contribution >= 4 is 22.0 Å². The van der Waals surface area contributed by atoms with Crippen molar-refractivity contribution in [2.75, 3.05) is 20.2 Å². The molecular formula is C31H31FN2O. The molecule has 3 aromatic carbocycles. The Kier molecular flexibility index (Phi) is 5.69. The first-order valence-electron chi connectivity index (χ1n) is 12.5. The topological polar surface area (TPSA) is 28.3 Å². The van der Waals surface area contributed by atoms with Crippen LogP contribution in [0, 0.1) is 6.92 Å². The quantitative estimate of drug-likeness (QED) is 0.345. The number of allylic oxidation sites excluding steroid dienone is 1. The van der Waals surface area contributed by atoms with Gasteiger partial charge < -0.3 is 9.72 Å². The third kappa shape index (κ3) is 4.17. The zero-order valence-electron chi connectivity index (χ0n) is 20.4. The second-order valence-corrected chi connectivity index (χ2v) is 9.93. The summed E-state index contributed by atoms with van der Waals surface area (Å²) in [5.41, 5.74) is 11.5. The van der Waals surface area contributed by atoms with E-state index in [1.807, 2.05) is 0 Å². The van der Waals surface area contributed by atoms with E-state index in [4.69, 9.17) is 4.74 Å². The third-order valence-corrected chi connectivity index (χ3v) is 7.50. The minimum atomic E-state index is -0.674. The molecule has 2 heterocycles.